The van der Waals surface area contributed by atoms with Crippen molar-refractivity contribution in [2.24, 2.45) is 0 Å². The minimum atomic E-state index is -0.118. The van der Waals surface area contributed by atoms with Crippen LogP contribution in [0.5, 0.6) is 0 Å². The number of nitrogens with zero attached hydrogens (tertiary/aromatic N) is 4. The maximum Gasteiger partial charge on any atom is 0.343 e. The standard InChI is InChI=1S/C17H24ClN5O/c1-13(2)23-16(19-20-17(23)24)7-8-21-9-11-22(12-10-21)15-5-3-14(18)4-6-15/h3-6,13H,7-12H2,1-2H3,(H,20,24). The molecule has 0 aliphatic carbocycles. The fraction of sp³-hybridized carbons (Fsp3) is 0.529. The second kappa shape index (κ2) is 7.40. The number of benzene rings is 1. The Kier molecular flexibility index (Phi) is 5.26. The van der Waals surface area contributed by atoms with E-state index in [9.17, 15) is 4.79 Å². The van der Waals surface area contributed by atoms with Crippen LogP contribution in [0.15, 0.2) is 29.1 Å². The van der Waals surface area contributed by atoms with E-state index in [-0.39, 0.29) is 11.7 Å². The van der Waals surface area contributed by atoms with Crippen LogP contribution in [0.25, 0.3) is 0 Å². The molecule has 2 aromatic rings. The van der Waals surface area contributed by atoms with Gasteiger partial charge in [0.25, 0.3) is 0 Å². The summed E-state index contributed by atoms with van der Waals surface area (Å²) in [5, 5.41) is 7.50. The average Bonchev–Trinajstić information content (AvgIpc) is 2.95. The Morgan fingerprint density at radius 1 is 1.17 bits per heavy atom. The highest BCUT2D eigenvalue weighted by Crippen LogP contribution is 2.19. The van der Waals surface area contributed by atoms with Crippen molar-refractivity contribution in [3.05, 3.63) is 45.6 Å². The van der Waals surface area contributed by atoms with E-state index in [1.165, 1.54) is 5.69 Å². The van der Waals surface area contributed by atoms with E-state index in [1.807, 2.05) is 26.0 Å². The first kappa shape index (κ1) is 17.0. The van der Waals surface area contributed by atoms with Gasteiger partial charge in [-0.1, -0.05) is 11.6 Å². The molecule has 1 aromatic carbocycles. The smallest absolute Gasteiger partial charge is 0.343 e. The molecule has 3 rings (SSSR count). The Bertz CT molecular complexity index is 713. The van der Waals surface area contributed by atoms with Crippen LogP contribution in [0.3, 0.4) is 0 Å². The molecular weight excluding hydrogens is 326 g/mol. The van der Waals surface area contributed by atoms with Crippen LogP contribution in [0.1, 0.15) is 25.7 Å². The molecule has 6 nitrogen and oxygen atoms in total. The minimum Gasteiger partial charge on any atom is -0.369 e. The second-order valence-electron chi connectivity index (χ2n) is 6.46. The number of anilines is 1. The van der Waals surface area contributed by atoms with Crippen molar-refractivity contribution in [3.8, 4) is 0 Å². The van der Waals surface area contributed by atoms with Crippen molar-refractivity contribution >= 4 is 17.3 Å². The van der Waals surface area contributed by atoms with Crippen molar-refractivity contribution < 1.29 is 0 Å². The normalized spacial score (nSPS) is 16.1. The highest BCUT2D eigenvalue weighted by Gasteiger charge is 2.18. The van der Waals surface area contributed by atoms with Gasteiger partial charge in [-0.25, -0.2) is 9.89 Å². The molecule has 0 spiro atoms. The summed E-state index contributed by atoms with van der Waals surface area (Å²) in [6.07, 6.45) is 0.790. The number of nitrogens with one attached hydrogen (secondary N) is 1. The monoisotopic (exact) mass is 349 g/mol. The lowest BCUT2D eigenvalue weighted by atomic mass is 10.2. The van der Waals surface area contributed by atoms with E-state index in [0.29, 0.717) is 0 Å². The third-order valence-electron chi connectivity index (χ3n) is 4.51. The predicted molar refractivity (Wildman–Crippen MR) is 97.0 cm³/mol. The van der Waals surface area contributed by atoms with Gasteiger partial charge in [0.15, 0.2) is 0 Å². The molecule has 1 aromatic heterocycles. The Morgan fingerprint density at radius 3 is 2.46 bits per heavy atom. The van der Waals surface area contributed by atoms with Crippen LogP contribution in [-0.2, 0) is 6.42 Å². The zero-order chi connectivity index (χ0) is 17.1. The van der Waals surface area contributed by atoms with Crippen molar-refractivity contribution in [2.75, 3.05) is 37.6 Å². The largest absolute Gasteiger partial charge is 0.369 e. The summed E-state index contributed by atoms with van der Waals surface area (Å²) in [7, 11) is 0. The Hall–Kier alpha value is -1.79. The molecule has 1 aliphatic heterocycles. The SMILES string of the molecule is CC(C)n1c(CCN2CCN(c3ccc(Cl)cc3)CC2)n[nH]c1=O. The highest BCUT2D eigenvalue weighted by atomic mass is 35.5. The van der Waals surface area contributed by atoms with Gasteiger partial charge in [0.05, 0.1) is 0 Å². The molecule has 2 heterocycles. The molecule has 0 radical (unpaired) electrons. The average molecular weight is 350 g/mol. The fourth-order valence-electron chi connectivity index (χ4n) is 3.19. The molecule has 7 heteroatoms. The van der Waals surface area contributed by atoms with Gasteiger partial charge < -0.3 is 4.90 Å². The molecule has 1 fully saturated rings. The van der Waals surface area contributed by atoms with Gasteiger partial charge >= 0.3 is 5.69 Å². The van der Waals surface area contributed by atoms with Crippen LogP contribution < -0.4 is 10.6 Å². The van der Waals surface area contributed by atoms with Gasteiger partial charge in [0, 0.05) is 55.9 Å². The molecule has 24 heavy (non-hydrogen) atoms. The van der Waals surface area contributed by atoms with Gasteiger partial charge in [0.2, 0.25) is 0 Å². The Balaban J connectivity index is 1.53. The number of aromatic amines is 1. The molecule has 0 bridgehead atoms. The quantitative estimate of drug-likeness (QED) is 0.898. The van der Waals surface area contributed by atoms with Gasteiger partial charge in [-0.05, 0) is 38.1 Å². The first-order valence-electron chi connectivity index (χ1n) is 8.43. The lowest BCUT2D eigenvalue weighted by molar-refractivity contribution is 0.258. The fourth-order valence-corrected chi connectivity index (χ4v) is 3.31. The zero-order valence-corrected chi connectivity index (χ0v) is 15.0. The van der Waals surface area contributed by atoms with Crippen molar-refractivity contribution in [1.29, 1.82) is 0 Å². The molecule has 0 saturated carbocycles. The summed E-state index contributed by atoms with van der Waals surface area (Å²) in [5.41, 5.74) is 1.10. The maximum absolute atomic E-state index is 11.8. The number of rotatable bonds is 5. The number of halogens is 1. The van der Waals surface area contributed by atoms with E-state index in [2.05, 4.69) is 32.1 Å². The van der Waals surface area contributed by atoms with Gasteiger partial charge in [0.1, 0.15) is 5.82 Å². The third-order valence-corrected chi connectivity index (χ3v) is 4.76. The van der Waals surface area contributed by atoms with Crippen molar-refractivity contribution in [2.45, 2.75) is 26.3 Å². The minimum absolute atomic E-state index is 0.118. The molecule has 1 aliphatic rings. The van der Waals surface area contributed by atoms with Crippen molar-refractivity contribution in [1.82, 2.24) is 19.7 Å². The van der Waals surface area contributed by atoms with Crippen LogP contribution in [0.2, 0.25) is 5.02 Å². The third kappa shape index (κ3) is 3.82. The first-order chi connectivity index (χ1) is 11.5. The molecule has 1 N–H and O–H groups in total. The van der Waals surface area contributed by atoms with Crippen LogP contribution in [0, 0.1) is 0 Å². The highest BCUT2D eigenvalue weighted by molar-refractivity contribution is 6.30. The predicted octanol–water partition coefficient (Wildman–Crippen LogP) is 2.17. The number of H-pyrrole nitrogens is 1. The zero-order valence-electron chi connectivity index (χ0n) is 14.2. The molecule has 1 saturated heterocycles. The number of piperazine rings is 1. The topological polar surface area (TPSA) is 57.2 Å². The summed E-state index contributed by atoms with van der Waals surface area (Å²) >= 11 is 5.95. The summed E-state index contributed by atoms with van der Waals surface area (Å²) < 4.78 is 1.74. The number of hydrogen-bond donors (Lipinski definition) is 1. The van der Waals surface area contributed by atoms with E-state index >= 15 is 0 Å². The molecule has 0 atom stereocenters. The molecule has 130 valence electrons. The van der Waals surface area contributed by atoms with E-state index in [1.54, 1.807) is 4.57 Å². The summed E-state index contributed by atoms with van der Waals surface area (Å²) in [6, 6.07) is 8.15. The summed E-state index contributed by atoms with van der Waals surface area (Å²) in [4.78, 5) is 16.6. The van der Waals surface area contributed by atoms with Crippen LogP contribution >= 0.6 is 11.6 Å². The van der Waals surface area contributed by atoms with Gasteiger partial charge in [-0.2, -0.15) is 5.10 Å². The number of aromatic nitrogens is 3. The summed E-state index contributed by atoms with van der Waals surface area (Å²) in [6.45, 7) is 8.96. The van der Waals surface area contributed by atoms with E-state index in [0.717, 1.165) is 50.0 Å². The maximum atomic E-state index is 11.8. The van der Waals surface area contributed by atoms with E-state index in [4.69, 9.17) is 11.6 Å². The first-order valence-corrected chi connectivity index (χ1v) is 8.81. The van der Waals surface area contributed by atoms with Crippen LogP contribution in [0.4, 0.5) is 5.69 Å². The second-order valence-corrected chi connectivity index (χ2v) is 6.90. The van der Waals surface area contributed by atoms with Crippen LogP contribution in [-0.4, -0.2) is 52.4 Å². The van der Waals surface area contributed by atoms with Gasteiger partial charge in [-0.15, -0.1) is 0 Å². The molecule has 0 amide bonds. The Morgan fingerprint density at radius 2 is 1.83 bits per heavy atom. The van der Waals surface area contributed by atoms with Crippen molar-refractivity contribution in [3.63, 3.8) is 0 Å². The molecule has 0 unspecified atom stereocenters. The number of hydrogen-bond acceptors (Lipinski definition) is 4. The van der Waals surface area contributed by atoms with Gasteiger partial charge in [-0.3, -0.25) is 9.47 Å². The Labute approximate surface area is 147 Å². The lowest BCUT2D eigenvalue weighted by Gasteiger charge is -2.36. The van der Waals surface area contributed by atoms with E-state index < -0.39 is 0 Å². The molecular formula is C17H24ClN5O. The summed E-state index contributed by atoms with van der Waals surface area (Å²) in [5.74, 6) is 0.843. The lowest BCUT2D eigenvalue weighted by Crippen LogP contribution is -2.47.